The molecule has 2 N–H and O–H groups in total. The first-order chi connectivity index (χ1) is 22.3. The molecule has 5 heterocycles. The second kappa shape index (κ2) is 12.1. The lowest BCUT2D eigenvalue weighted by atomic mass is 9.78. The van der Waals surface area contributed by atoms with Gasteiger partial charge in [-0.25, -0.2) is 0 Å². The predicted molar refractivity (Wildman–Crippen MR) is 167 cm³/mol. The van der Waals surface area contributed by atoms with Crippen LogP contribution >= 0.6 is 0 Å². The van der Waals surface area contributed by atoms with Gasteiger partial charge in [0.25, 0.3) is 17.7 Å². The maximum absolute atomic E-state index is 13.6. The van der Waals surface area contributed by atoms with Crippen LogP contribution < -0.4 is 15.0 Å². The van der Waals surface area contributed by atoms with E-state index in [4.69, 9.17) is 4.74 Å². The molecular formula is C34H36N6O6. The van der Waals surface area contributed by atoms with E-state index in [2.05, 4.69) is 20.4 Å². The fraction of sp³-hybridized carbons (Fsp3) is 0.412. The molecule has 1 atom stereocenters. The molecule has 12 heteroatoms. The molecule has 46 heavy (non-hydrogen) atoms. The third kappa shape index (κ3) is 5.21. The van der Waals surface area contributed by atoms with Crippen LogP contribution in [0.25, 0.3) is 11.3 Å². The van der Waals surface area contributed by atoms with Gasteiger partial charge in [-0.3, -0.25) is 39.3 Å². The summed E-state index contributed by atoms with van der Waals surface area (Å²) in [6.45, 7) is 2.87. The van der Waals surface area contributed by atoms with Crippen LogP contribution in [0.5, 0.6) is 5.75 Å². The summed E-state index contributed by atoms with van der Waals surface area (Å²) in [6.07, 6.45) is 3.98. The number of imide groups is 2. The predicted octanol–water partition coefficient (Wildman–Crippen LogP) is 3.26. The number of amides is 5. The van der Waals surface area contributed by atoms with Gasteiger partial charge in [-0.15, -0.1) is 0 Å². The van der Waals surface area contributed by atoms with E-state index in [1.54, 1.807) is 25.3 Å². The Bertz CT molecular complexity index is 1720. The van der Waals surface area contributed by atoms with Crippen molar-refractivity contribution < 1.29 is 28.7 Å². The van der Waals surface area contributed by atoms with Crippen molar-refractivity contribution in [3.8, 4) is 17.0 Å². The van der Waals surface area contributed by atoms with E-state index >= 15 is 0 Å². The normalized spacial score (nSPS) is 21.1. The fourth-order valence-electron chi connectivity index (χ4n) is 7.54. The number of hydrogen-bond donors (Lipinski definition) is 2. The Morgan fingerprint density at radius 3 is 2.26 bits per heavy atom. The smallest absolute Gasteiger partial charge is 0.271 e. The van der Waals surface area contributed by atoms with E-state index in [9.17, 15) is 24.0 Å². The lowest BCUT2D eigenvalue weighted by molar-refractivity contribution is -0.136. The van der Waals surface area contributed by atoms with Crippen LogP contribution in [0.4, 0.5) is 5.69 Å². The van der Waals surface area contributed by atoms with Gasteiger partial charge in [0.05, 0.1) is 29.6 Å². The number of nitrogens with one attached hydrogen (secondary N) is 2. The topological polar surface area (TPSA) is 145 Å². The first kappa shape index (κ1) is 29.7. The number of hydrogen-bond acceptors (Lipinski definition) is 8. The number of anilines is 1. The second-order valence-corrected chi connectivity index (χ2v) is 12.5. The van der Waals surface area contributed by atoms with Crippen LogP contribution in [0.2, 0.25) is 0 Å². The molecule has 0 spiro atoms. The second-order valence-electron chi connectivity index (χ2n) is 12.5. The third-order valence-corrected chi connectivity index (χ3v) is 10.0. The zero-order chi connectivity index (χ0) is 31.9. The number of ether oxygens (including phenoxy) is 1. The lowest BCUT2D eigenvalue weighted by Crippen LogP contribution is -2.54. The summed E-state index contributed by atoms with van der Waals surface area (Å²) in [4.78, 5) is 69.4. The maximum atomic E-state index is 13.6. The maximum Gasteiger partial charge on any atom is 0.271 e. The largest absolute Gasteiger partial charge is 0.496 e. The summed E-state index contributed by atoms with van der Waals surface area (Å²) in [5, 5.41) is 9.53. The van der Waals surface area contributed by atoms with Crippen molar-refractivity contribution >= 4 is 35.2 Å². The highest BCUT2D eigenvalue weighted by atomic mass is 16.5. The van der Waals surface area contributed by atoms with Crippen molar-refractivity contribution in [1.82, 2.24) is 25.3 Å². The number of piperidine rings is 3. The Morgan fingerprint density at radius 1 is 0.848 bits per heavy atom. The molecule has 238 valence electrons. The summed E-state index contributed by atoms with van der Waals surface area (Å²) in [5.41, 5.74) is 3.33. The van der Waals surface area contributed by atoms with Crippen molar-refractivity contribution in [3.05, 3.63) is 65.4 Å². The number of carbonyl (C=O) groups is 5. The molecule has 0 bridgehead atoms. The molecule has 5 amide bonds. The van der Waals surface area contributed by atoms with Gasteiger partial charge in [-0.1, -0.05) is 18.2 Å². The minimum Gasteiger partial charge on any atom is -0.496 e. The van der Waals surface area contributed by atoms with Gasteiger partial charge in [0.2, 0.25) is 11.8 Å². The Labute approximate surface area is 266 Å². The summed E-state index contributed by atoms with van der Waals surface area (Å²) < 4.78 is 5.44. The monoisotopic (exact) mass is 624 g/mol. The number of methoxy groups -OCH3 is 1. The number of fused-ring (bicyclic) bond motifs is 1. The molecule has 4 aliphatic heterocycles. The van der Waals surface area contributed by atoms with Crippen LogP contribution in [0.1, 0.15) is 69.7 Å². The van der Waals surface area contributed by atoms with E-state index in [1.165, 1.54) is 0 Å². The lowest BCUT2D eigenvalue weighted by Gasteiger charge is -2.41. The summed E-state index contributed by atoms with van der Waals surface area (Å²) in [5.74, 6) is -0.304. The van der Waals surface area contributed by atoms with Gasteiger partial charge in [0.15, 0.2) is 0 Å². The van der Waals surface area contributed by atoms with Gasteiger partial charge < -0.3 is 14.5 Å². The molecule has 0 radical (unpaired) electrons. The number of aromatic nitrogens is 2. The Morgan fingerprint density at radius 2 is 1.54 bits per heavy atom. The number of H-pyrrole nitrogens is 1. The zero-order valence-corrected chi connectivity index (χ0v) is 25.7. The van der Waals surface area contributed by atoms with E-state index in [1.807, 2.05) is 35.2 Å². The number of carbonyl (C=O) groups excluding carboxylic acids is 5. The molecule has 3 saturated heterocycles. The summed E-state index contributed by atoms with van der Waals surface area (Å²) in [6, 6.07) is 13.7. The minimum absolute atomic E-state index is 0.0505. The van der Waals surface area contributed by atoms with Crippen LogP contribution in [0.15, 0.2) is 48.5 Å². The van der Waals surface area contributed by atoms with Gasteiger partial charge in [0.1, 0.15) is 17.5 Å². The van der Waals surface area contributed by atoms with E-state index in [0.29, 0.717) is 53.2 Å². The Kier molecular flexibility index (Phi) is 7.79. The molecule has 4 aliphatic rings. The van der Waals surface area contributed by atoms with E-state index in [0.717, 1.165) is 54.9 Å². The van der Waals surface area contributed by atoms with E-state index in [-0.39, 0.29) is 18.7 Å². The molecule has 0 aliphatic carbocycles. The molecule has 0 saturated carbocycles. The molecule has 3 aromatic rings. The van der Waals surface area contributed by atoms with Crippen LogP contribution in [0, 0.1) is 11.8 Å². The zero-order valence-electron chi connectivity index (χ0n) is 25.7. The molecular weight excluding hydrogens is 588 g/mol. The van der Waals surface area contributed by atoms with Gasteiger partial charge in [-0.05, 0) is 74.3 Å². The van der Waals surface area contributed by atoms with Crippen LogP contribution in [0.3, 0.4) is 0 Å². The molecule has 1 aromatic heterocycles. The number of nitrogens with zero attached hydrogens (tertiary/aromatic N) is 4. The molecule has 2 aromatic carbocycles. The summed E-state index contributed by atoms with van der Waals surface area (Å²) in [7, 11) is 1.61. The van der Waals surface area contributed by atoms with Crippen molar-refractivity contribution in [1.29, 1.82) is 0 Å². The van der Waals surface area contributed by atoms with Crippen molar-refractivity contribution in [3.63, 3.8) is 0 Å². The van der Waals surface area contributed by atoms with E-state index < -0.39 is 29.7 Å². The van der Waals surface area contributed by atoms with Crippen molar-refractivity contribution in [2.75, 3.05) is 38.2 Å². The number of aromatic amines is 1. The highest BCUT2D eigenvalue weighted by Gasteiger charge is 2.46. The number of likely N-dealkylation sites (tertiary alicyclic amines) is 1. The first-order valence-corrected chi connectivity index (χ1v) is 15.9. The van der Waals surface area contributed by atoms with Crippen LogP contribution in [-0.2, 0) is 9.59 Å². The van der Waals surface area contributed by atoms with Crippen molar-refractivity contribution in [2.45, 2.75) is 44.6 Å². The molecule has 7 rings (SSSR count). The Balaban J connectivity index is 0.957. The number of rotatable bonds is 6. The van der Waals surface area contributed by atoms with Crippen molar-refractivity contribution in [2.24, 2.45) is 11.8 Å². The van der Waals surface area contributed by atoms with Gasteiger partial charge in [-0.2, -0.15) is 5.10 Å². The fourth-order valence-corrected chi connectivity index (χ4v) is 7.54. The highest BCUT2D eigenvalue weighted by Crippen LogP contribution is 2.38. The van der Waals surface area contributed by atoms with Gasteiger partial charge >= 0.3 is 0 Å². The number of benzene rings is 2. The highest BCUT2D eigenvalue weighted by molar-refractivity contribution is 6.25. The molecule has 12 nitrogen and oxygen atoms in total. The SMILES string of the molecule is COc1ccccc1-c1cc(C(=O)N2CCC(C3CCN(c4cccc5c4C(=O)N(C4CCC(=O)NC4=O)C5=O)CC3)CC2)[nH]n1. The van der Waals surface area contributed by atoms with Gasteiger partial charge in [0, 0.05) is 38.2 Å². The molecule has 3 fully saturated rings. The molecule has 1 unspecified atom stereocenters. The first-order valence-electron chi connectivity index (χ1n) is 15.9. The average Bonchev–Trinajstić information content (AvgIpc) is 3.68. The Hall–Kier alpha value is -5.00. The average molecular weight is 625 g/mol. The standard InChI is InChI=1S/C34H36N6O6/c1-46-28-8-3-2-5-22(28)24-19-25(37-36-24)33(44)39-17-13-21(14-18-39)20-11-15-38(16-12-20)26-7-4-6-23-30(26)34(45)40(32(23)43)27-9-10-29(41)35-31(27)42/h2-8,19-21,27H,9-18H2,1H3,(H,36,37)(H,35,41,42). The quantitative estimate of drug-likeness (QED) is 0.398. The number of para-hydroxylation sites is 1. The third-order valence-electron chi connectivity index (χ3n) is 10.0. The van der Waals surface area contributed by atoms with Crippen LogP contribution in [-0.4, -0.2) is 88.9 Å². The minimum atomic E-state index is -0.982. The summed E-state index contributed by atoms with van der Waals surface area (Å²) >= 11 is 0.